The van der Waals surface area contributed by atoms with E-state index in [1.54, 1.807) is 13.0 Å². The van der Waals surface area contributed by atoms with Gasteiger partial charge >= 0.3 is 0 Å². The van der Waals surface area contributed by atoms with Crippen LogP contribution in [-0.2, 0) is 0 Å². The Labute approximate surface area is 78.2 Å². The van der Waals surface area contributed by atoms with E-state index in [1.165, 1.54) is 6.07 Å². The van der Waals surface area contributed by atoms with Crippen molar-refractivity contribution in [2.45, 2.75) is 19.9 Å². The summed E-state index contributed by atoms with van der Waals surface area (Å²) in [5, 5.41) is 0. The fraction of sp³-hybridized carbons (Fsp3) is 0.333. The van der Waals surface area contributed by atoms with E-state index in [2.05, 4.69) is 0 Å². The second-order valence-corrected chi connectivity index (χ2v) is 2.81. The smallest absolute Gasteiger partial charge is 0.128 e. The molecule has 1 aromatic carbocycles. The predicted octanol–water partition coefficient (Wildman–Crippen LogP) is 2.58. The van der Waals surface area contributed by atoms with Crippen molar-refractivity contribution in [2.75, 3.05) is 0 Å². The van der Waals surface area contributed by atoms with E-state index in [0.717, 1.165) is 5.56 Å². The fourth-order valence-corrected chi connectivity index (χ4v) is 1.00. The molecule has 0 saturated heterocycles. The molecule has 2 N–H and O–H groups in total. The van der Waals surface area contributed by atoms with E-state index >= 15 is 0 Å². The lowest BCUT2D eigenvalue weighted by atomic mass is 10.1. The largest absolute Gasteiger partial charge is 0.324 e. The van der Waals surface area contributed by atoms with Crippen molar-refractivity contribution in [3.05, 3.63) is 35.1 Å². The minimum atomic E-state index is -0.226. The predicted molar refractivity (Wildman–Crippen MR) is 51.0 cm³/mol. The number of hydrogen-bond acceptors (Lipinski definition) is 1. The lowest BCUT2D eigenvalue weighted by Gasteiger charge is -2.06. The number of halogens is 2. The average molecular weight is 190 g/mol. The molecule has 0 bridgehead atoms. The highest BCUT2D eigenvalue weighted by molar-refractivity contribution is 5.85. The Balaban J connectivity index is 0.00000121. The van der Waals surface area contributed by atoms with Crippen LogP contribution in [0.15, 0.2) is 18.2 Å². The molecule has 0 spiro atoms. The van der Waals surface area contributed by atoms with E-state index < -0.39 is 0 Å². The van der Waals surface area contributed by atoms with Gasteiger partial charge in [-0.3, -0.25) is 0 Å². The summed E-state index contributed by atoms with van der Waals surface area (Å²) < 4.78 is 13.0. The van der Waals surface area contributed by atoms with Crippen LogP contribution in [-0.4, -0.2) is 0 Å². The molecule has 0 aliphatic carbocycles. The Hall–Kier alpha value is -0.600. The first kappa shape index (κ1) is 11.4. The van der Waals surface area contributed by atoms with Crippen LogP contribution in [0.25, 0.3) is 0 Å². The Morgan fingerprint density at radius 2 is 2.00 bits per heavy atom. The van der Waals surface area contributed by atoms with Gasteiger partial charge in [0.1, 0.15) is 5.82 Å². The number of hydrogen-bond donors (Lipinski definition) is 1. The molecule has 0 aliphatic heterocycles. The minimum Gasteiger partial charge on any atom is -0.324 e. The van der Waals surface area contributed by atoms with Gasteiger partial charge in [0.25, 0.3) is 0 Å². The summed E-state index contributed by atoms with van der Waals surface area (Å²) >= 11 is 0. The summed E-state index contributed by atoms with van der Waals surface area (Å²) in [4.78, 5) is 0. The van der Waals surface area contributed by atoms with Gasteiger partial charge in [-0.05, 0) is 25.5 Å². The van der Waals surface area contributed by atoms with Gasteiger partial charge in [0.15, 0.2) is 0 Å². The number of aryl methyl sites for hydroxylation is 1. The molecular formula is C9H13ClFN. The molecule has 0 amide bonds. The van der Waals surface area contributed by atoms with Crippen molar-refractivity contribution in [3.63, 3.8) is 0 Å². The summed E-state index contributed by atoms with van der Waals surface area (Å²) in [5.41, 5.74) is 7.03. The molecule has 1 aromatic rings. The fourth-order valence-electron chi connectivity index (χ4n) is 1.00. The summed E-state index contributed by atoms with van der Waals surface area (Å²) in [6, 6.07) is 4.87. The second-order valence-electron chi connectivity index (χ2n) is 2.81. The average Bonchev–Trinajstić information content (AvgIpc) is 1.85. The van der Waals surface area contributed by atoms with E-state index in [0.29, 0.717) is 5.56 Å². The Morgan fingerprint density at radius 3 is 2.42 bits per heavy atom. The highest BCUT2D eigenvalue weighted by Gasteiger charge is 2.05. The molecule has 0 fully saturated rings. The van der Waals surface area contributed by atoms with Gasteiger partial charge in [-0.15, -0.1) is 12.4 Å². The molecule has 0 aliphatic rings. The van der Waals surface area contributed by atoms with Crippen LogP contribution >= 0.6 is 12.4 Å². The molecule has 1 atom stereocenters. The van der Waals surface area contributed by atoms with Crippen LogP contribution in [0.3, 0.4) is 0 Å². The quantitative estimate of drug-likeness (QED) is 0.722. The van der Waals surface area contributed by atoms with Crippen LogP contribution in [0.2, 0.25) is 0 Å². The van der Waals surface area contributed by atoms with Gasteiger partial charge < -0.3 is 5.73 Å². The zero-order valence-electron chi connectivity index (χ0n) is 7.17. The Morgan fingerprint density at radius 1 is 1.42 bits per heavy atom. The van der Waals surface area contributed by atoms with Gasteiger partial charge in [-0.1, -0.05) is 12.1 Å². The van der Waals surface area contributed by atoms with E-state index in [1.807, 2.05) is 13.0 Å². The first-order chi connectivity index (χ1) is 5.11. The van der Waals surface area contributed by atoms with Gasteiger partial charge in [0, 0.05) is 11.6 Å². The zero-order chi connectivity index (χ0) is 8.43. The van der Waals surface area contributed by atoms with Crippen LogP contribution in [0.5, 0.6) is 0 Å². The van der Waals surface area contributed by atoms with Crippen molar-refractivity contribution in [2.24, 2.45) is 5.73 Å². The summed E-state index contributed by atoms with van der Waals surface area (Å²) in [7, 11) is 0. The Kier molecular flexibility index (Phi) is 4.21. The van der Waals surface area contributed by atoms with Crippen LogP contribution in [0.4, 0.5) is 4.39 Å². The molecule has 0 unspecified atom stereocenters. The second kappa shape index (κ2) is 4.43. The topological polar surface area (TPSA) is 26.0 Å². The molecular weight excluding hydrogens is 177 g/mol. The van der Waals surface area contributed by atoms with E-state index in [4.69, 9.17) is 5.73 Å². The maximum absolute atomic E-state index is 13.0. The summed E-state index contributed by atoms with van der Waals surface area (Å²) in [5.74, 6) is -0.208. The third-order valence-electron chi connectivity index (χ3n) is 1.65. The van der Waals surface area contributed by atoms with Crippen LogP contribution in [0, 0.1) is 12.7 Å². The highest BCUT2D eigenvalue weighted by Crippen LogP contribution is 2.15. The number of nitrogens with two attached hydrogens (primary N) is 1. The number of benzene rings is 1. The van der Waals surface area contributed by atoms with Crippen molar-refractivity contribution in [1.29, 1.82) is 0 Å². The normalized spacial score (nSPS) is 12.0. The molecule has 3 heteroatoms. The SMILES string of the molecule is Cc1ccc([C@H](C)N)c(F)c1.Cl. The third kappa shape index (κ3) is 2.47. The van der Waals surface area contributed by atoms with Crippen molar-refractivity contribution >= 4 is 12.4 Å². The highest BCUT2D eigenvalue weighted by atomic mass is 35.5. The summed E-state index contributed by atoms with van der Waals surface area (Å²) in [6.45, 7) is 3.63. The zero-order valence-corrected chi connectivity index (χ0v) is 7.99. The van der Waals surface area contributed by atoms with Crippen molar-refractivity contribution < 1.29 is 4.39 Å². The minimum absolute atomic E-state index is 0. The summed E-state index contributed by atoms with van der Waals surface area (Å²) in [6.07, 6.45) is 0. The first-order valence-electron chi connectivity index (χ1n) is 3.63. The van der Waals surface area contributed by atoms with E-state index in [9.17, 15) is 4.39 Å². The molecule has 0 aromatic heterocycles. The molecule has 0 heterocycles. The monoisotopic (exact) mass is 189 g/mol. The molecule has 12 heavy (non-hydrogen) atoms. The first-order valence-corrected chi connectivity index (χ1v) is 3.63. The molecule has 0 saturated carbocycles. The number of rotatable bonds is 1. The maximum atomic E-state index is 13.0. The Bertz CT molecular complexity index is 261. The lowest BCUT2D eigenvalue weighted by Crippen LogP contribution is -2.07. The van der Waals surface area contributed by atoms with Gasteiger partial charge in [0.05, 0.1) is 0 Å². The van der Waals surface area contributed by atoms with Crippen molar-refractivity contribution in [1.82, 2.24) is 0 Å². The standard InChI is InChI=1S/C9H12FN.ClH/c1-6-3-4-8(7(2)11)9(10)5-6;/h3-5,7H,11H2,1-2H3;1H/t7-;/m0./s1. The molecule has 1 rings (SSSR count). The van der Waals surface area contributed by atoms with Crippen molar-refractivity contribution in [3.8, 4) is 0 Å². The van der Waals surface area contributed by atoms with Gasteiger partial charge in [0.2, 0.25) is 0 Å². The van der Waals surface area contributed by atoms with Gasteiger partial charge in [-0.2, -0.15) is 0 Å². The third-order valence-corrected chi connectivity index (χ3v) is 1.65. The molecule has 1 nitrogen and oxygen atoms in total. The van der Waals surface area contributed by atoms with Crippen LogP contribution in [0.1, 0.15) is 24.1 Å². The molecule has 68 valence electrons. The maximum Gasteiger partial charge on any atom is 0.128 e. The van der Waals surface area contributed by atoms with Crippen LogP contribution < -0.4 is 5.73 Å². The van der Waals surface area contributed by atoms with Gasteiger partial charge in [-0.25, -0.2) is 4.39 Å². The molecule has 0 radical (unpaired) electrons. The van der Waals surface area contributed by atoms with E-state index in [-0.39, 0.29) is 24.3 Å². The lowest BCUT2D eigenvalue weighted by molar-refractivity contribution is 0.592.